The van der Waals surface area contributed by atoms with E-state index in [0.29, 0.717) is 11.0 Å². The predicted molar refractivity (Wildman–Crippen MR) is 159 cm³/mol. The molecular weight excluding hydrogens is 679 g/mol. The van der Waals surface area contributed by atoms with Gasteiger partial charge in [0.25, 0.3) is 0 Å². The summed E-state index contributed by atoms with van der Waals surface area (Å²) < 4.78 is 11.1. The zero-order chi connectivity index (χ0) is 29.7. The molecule has 1 aliphatic rings. The Hall–Kier alpha value is -2.11. The van der Waals surface area contributed by atoms with Crippen molar-refractivity contribution in [1.29, 1.82) is 0 Å². The zero-order valence-electron chi connectivity index (χ0n) is 22.3. The number of aromatic nitrogens is 1. The first-order chi connectivity index (χ1) is 17.9. The standard InChI is InChI=1S/C17H19BrClNO3.C10H11BrClNO3/c1-17(2,3)23-16(22)13-14(21)12(18)10-20(15(13)19)9-11-7-5-4-6-8-11;1-10(2,3)16-9(15)6-7(14)5(11)4-13-8(6)12/h4-8,10,14,21H,9H2,1-3H3;4H,1-3H3,(H,13,14). The lowest BCUT2D eigenvalue weighted by atomic mass is 10.1. The summed E-state index contributed by atoms with van der Waals surface area (Å²) in [6.45, 7) is 10.9. The summed E-state index contributed by atoms with van der Waals surface area (Å²) in [7, 11) is 0. The number of pyridine rings is 1. The molecule has 0 saturated heterocycles. The van der Waals surface area contributed by atoms with Crippen LogP contribution < -0.4 is 5.43 Å². The maximum Gasteiger partial charge on any atom is 0.345 e. The normalized spacial score (nSPS) is 15.7. The quantitative estimate of drug-likeness (QED) is 0.208. The van der Waals surface area contributed by atoms with Crippen molar-refractivity contribution in [2.45, 2.75) is 65.4 Å². The molecule has 0 fully saturated rings. The average Bonchev–Trinajstić information content (AvgIpc) is 2.79. The summed E-state index contributed by atoms with van der Waals surface area (Å²) in [4.78, 5) is 40.0. The summed E-state index contributed by atoms with van der Waals surface area (Å²) in [5.41, 5.74) is -0.952. The number of nitrogens with zero attached hydrogens (tertiary/aromatic N) is 1. The Kier molecular flexibility index (Phi) is 11.5. The minimum atomic E-state index is -1.13. The molecule has 3 rings (SSSR count). The Balaban J connectivity index is 0.000000293. The van der Waals surface area contributed by atoms with E-state index in [4.69, 9.17) is 32.7 Å². The van der Waals surface area contributed by atoms with Crippen LogP contribution in [0, 0.1) is 0 Å². The summed E-state index contributed by atoms with van der Waals surface area (Å²) in [6.07, 6.45) is 1.91. The number of aliphatic hydroxyl groups is 1. The molecule has 1 atom stereocenters. The third kappa shape index (κ3) is 9.79. The summed E-state index contributed by atoms with van der Waals surface area (Å²) in [6, 6.07) is 9.71. The van der Waals surface area contributed by atoms with Gasteiger partial charge in [-0.2, -0.15) is 0 Å². The fraction of sp³-hybridized carbons (Fsp3) is 0.370. The monoisotopic (exact) mass is 706 g/mol. The Labute approximate surface area is 254 Å². The molecule has 2 heterocycles. The van der Waals surface area contributed by atoms with Gasteiger partial charge in [0, 0.05) is 23.4 Å². The fourth-order valence-corrected chi connectivity index (χ4v) is 4.40. The van der Waals surface area contributed by atoms with E-state index in [1.54, 1.807) is 52.6 Å². The van der Waals surface area contributed by atoms with E-state index in [1.165, 1.54) is 6.20 Å². The maximum absolute atomic E-state index is 12.4. The van der Waals surface area contributed by atoms with Crippen LogP contribution in [-0.4, -0.2) is 44.2 Å². The van der Waals surface area contributed by atoms with Gasteiger partial charge in [0.2, 0.25) is 5.43 Å². The molecule has 1 aliphatic heterocycles. The number of rotatable bonds is 4. The number of carbonyl (C=O) groups excluding carboxylic acids is 2. The predicted octanol–water partition coefficient (Wildman–Crippen LogP) is 6.64. The minimum Gasteiger partial charge on any atom is -0.456 e. The Bertz CT molecular complexity index is 1330. The number of hydrogen-bond acceptors (Lipinski definition) is 7. The van der Waals surface area contributed by atoms with Gasteiger partial charge in [0.15, 0.2) is 0 Å². The second-order valence-electron chi connectivity index (χ2n) is 10.4. The van der Waals surface area contributed by atoms with E-state index >= 15 is 0 Å². The van der Waals surface area contributed by atoms with Crippen LogP contribution in [0.2, 0.25) is 5.15 Å². The van der Waals surface area contributed by atoms with Crippen molar-refractivity contribution in [1.82, 2.24) is 9.88 Å². The highest BCUT2D eigenvalue weighted by molar-refractivity contribution is 9.11. The number of nitrogens with one attached hydrogen (secondary N) is 1. The van der Waals surface area contributed by atoms with Crippen LogP contribution in [0.1, 0.15) is 57.5 Å². The molecule has 1 unspecified atom stereocenters. The first-order valence-electron chi connectivity index (χ1n) is 11.7. The SMILES string of the molecule is CC(C)(C)OC(=O)C1=C(Cl)N(Cc2ccccc2)C=C(Br)C1O.CC(C)(C)OC(=O)c1c(Cl)[nH]cc(Br)c1=O. The summed E-state index contributed by atoms with van der Waals surface area (Å²) >= 11 is 18.4. The van der Waals surface area contributed by atoms with Gasteiger partial charge in [-0.1, -0.05) is 69.5 Å². The topological polar surface area (TPSA) is 109 Å². The molecule has 2 N–H and O–H groups in total. The number of ether oxygens (including phenoxy) is 2. The van der Waals surface area contributed by atoms with E-state index in [9.17, 15) is 19.5 Å². The first-order valence-corrected chi connectivity index (χ1v) is 14.0. The van der Waals surface area contributed by atoms with E-state index in [1.807, 2.05) is 30.3 Å². The van der Waals surface area contributed by atoms with Crippen molar-refractivity contribution in [3.63, 3.8) is 0 Å². The van der Waals surface area contributed by atoms with Gasteiger partial charge in [-0.3, -0.25) is 4.79 Å². The number of carbonyl (C=O) groups is 2. The van der Waals surface area contributed by atoms with Crippen LogP contribution in [0.15, 0.2) is 67.2 Å². The molecule has 12 heteroatoms. The molecule has 1 aromatic carbocycles. The van der Waals surface area contributed by atoms with Crippen molar-refractivity contribution < 1.29 is 24.2 Å². The van der Waals surface area contributed by atoms with E-state index in [2.05, 4.69) is 36.8 Å². The van der Waals surface area contributed by atoms with E-state index in [-0.39, 0.29) is 25.9 Å². The van der Waals surface area contributed by atoms with Crippen molar-refractivity contribution in [2.75, 3.05) is 0 Å². The summed E-state index contributed by atoms with van der Waals surface area (Å²) in [5.74, 6) is -1.36. The lowest BCUT2D eigenvalue weighted by Gasteiger charge is -2.30. The lowest BCUT2D eigenvalue weighted by molar-refractivity contribution is -0.151. The van der Waals surface area contributed by atoms with Gasteiger partial charge in [0.1, 0.15) is 38.8 Å². The second-order valence-corrected chi connectivity index (χ2v) is 12.9. The Morgan fingerprint density at radius 3 is 2.08 bits per heavy atom. The van der Waals surface area contributed by atoms with Crippen LogP contribution in [0.25, 0.3) is 0 Å². The minimum absolute atomic E-state index is 0.0255. The highest BCUT2D eigenvalue weighted by atomic mass is 79.9. The van der Waals surface area contributed by atoms with Gasteiger partial charge in [0.05, 0.1) is 4.47 Å². The number of benzene rings is 1. The van der Waals surface area contributed by atoms with Gasteiger partial charge >= 0.3 is 11.9 Å². The largest absolute Gasteiger partial charge is 0.456 e. The Morgan fingerprint density at radius 2 is 1.54 bits per heavy atom. The molecule has 8 nitrogen and oxygen atoms in total. The van der Waals surface area contributed by atoms with Crippen molar-refractivity contribution in [3.8, 4) is 0 Å². The van der Waals surface area contributed by atoms with E-state index < -0.39 is 34.7 Å². The van der Waals surface area contributed by atoms with Gasteiger partial charge in [-0.05, 0) is 63.0 Å². The number of hydrogen-bond donors (Lipinski definition) is 2. The van der Waals surface area contributed by atoms with Crippen LogP contribution in [-0.2, 0) is 20.8 Å². The fourth-order valence-electron chi connectivity index (χ4n) is 3.10. The Morgan fingerprint density at radius 1 is 1.00 bits per heavy atom. The molecule has 39 heavy (non-hydrogen) atoms. The molecule has 2 aromatic rings. The molecule has 212 valence electrons. The number of aromatic amines is 1. The highest BCUT2D eigenvalue weighted by Crippen LogP contribution is 2.33. The smallest absolute Gasteiger partial charge is 0.345 e. The molecule has 0 saturated carbocycles. The molecule has 0 aliphatic carbocycles. The van der Waals surface area contributed by atoms with E-state index in [0.717, 1.165) is 5.56 Å². The average molecular weight is 709 g/mol. The van der Waals surface area contributed by atoms with Crippen LogP contribution in [0.4, 0.5) is 0 Å². The third-order valence-electron chi connectivity index (χ3n) is 4.69. The molecule has 0 spiro atoms. The number of esters is 2. The van der Waals surface area contributed by atoms with Crippen molar-refractivity contribution in [2.24, 2.45) is 0 Å². The van der Waals surface area contributed by atoms with Gasteiger partial charge < -0.3 is 24.5 Å². The third-order valence-corrected chi connectivity index (χ3v) is 6.64. The molecular formula is C27H30Br2Cl2N2O6. The number of H-pyrrole nitrogens is 1. The van der Waals surface area contributed by atoms with Crippen LogP contribution >= 0.6 is 55.1 Å². The van der Waals surface area contributed by atoms with Crippen LogP contribution in [0.3, 0.4) is 0 Å². The van der Waals surface area contributed by atoms with Crippen LogP contribution in [0.5, 0.6) is 0 Å². The summed E-state index contributed by atoms with van der Waals surface area (Å²) in [5, 5.41) is 10.4. The lowest BCUT2D eigenvalue weighted by Crippen LogP contribution is -2.34. The maximum atomic E-state index is 12.4. The first kappa shape index (κ1) is 33.1. The zero-order valence-corrected chi connectivity index (χ0v) is 27.0. The van der Waals surface area contributed by atoms with Gasteiger partial charge in [-0.15, -0.1) is 0 Å². The highest BCUT2D eigenvalue weighted by Gasteiger charge is 2.34. The van der Waals surface area contributed by atoms with Crippen molar-refractivity contribution >= 4 is 67.0 Å². The molecule has 0 radical (unpaired) electrons. The molecule has 0 bridgehead atoms. The second kappa shape index (κ2) is 13.5. The van der Waals surface area contributed by atoms with Crippen molar-refractivity contribution in [3.05, 3.63) is 88.9 Å². The van der Waals surface area contributed by atoms with Gasteiger partial charge in [-0.25, -0.2) is 9.59 Å². The number of aliphatic hydroxyl groups excluding tert-OH is 1. The molecule has 1 aromatic heterocycles. The molecule has 0 amide bonds. The number of halogens is 4.